The summed E-state index contributed by atoms with van der Waals surface area (Å²) < 4.78 is 6.94. The van der Waals surface area contributed by atoms with Crippen LogP contribution in [0.15, 0.2) is 200 Å². The molecule has 1 aliphatic carbocycles. The van der Waals surface area contributed by atoms with E-state index >= 15 is 0 Å². The molecule has 2 heteroatoms. The van der Waals surface area contributed by atoms with E-state index in [2.05, 4.69) is 205 Å². The summed E-state index contributed by atoms with van der Waals surface area (Å²) in [7, 11) is 0. The van der Waals surface area contributed by atoms with Crippen molar-refractivity contribution in [1.29, 1.82) is 0 Å². The summed E-state index contributed by atoms with van der Waals surface area (Å²) >= 11 is 0. The monoisotopic (exact) mass is 651 g/mol. The van der Waals surface area contributed by atoms with Crippen LogP contribution < -0.4 is 9.64 Å². The van der Waals surface area contributed by atoms with Gasteiger partial charge in [-0.2, -0.15) is 0 Å². The highest BCUT2D eigenvalue weighted by atomic mass is 16.5. The highest BCUT2D eigenvalue weighted by molar-refractivity contribution is 5.92. The Hall–Kier alpha value is -6.64. The Balaban J connectivity index is 1.25. The summed E-state index contributed by atoms with van der Waals surface area (Å²) in [5.41, 5.74) is 14.7. The van der Waals surface area contributed by atoms with Crippen molar-refractivity contribution in [2.75, 3.05) is 4.90 Å². The van der Waals surface area contributed by atoms with Gasteiger partial charge in [0.25, 0.3) is 0 Å². The average molecular weight is 652 g/mol. The molecule has 2 aliphatic rings. The van der Waals surface area contributed by atoms with Gasteiger partial charge in [0, 0.05) is 33.8 Å². The minimum Gasteiger partial charge on any atom is -0.456 e. The van der Waals surface area contributed by atoms with Crippen molar-refractivity contribution in [2.45, 2.75) is 5.41 Å². The molecule has 51 heavy (non-hydrogen) atoms. The standard InChI is InChI=1S/C49H33NO/c1-4-16-34(17-5-1)36-20-14-23-38(32-36)50(37-21-8-3-9-22-37)39-30-31-42-41-24-10-11-26-43(41)49(46(42)33-39)44-27-12-13-29-47(44)51-48-40(25-15-28-45(48)49)35-18-6-2-7-19-35/h1-33H. The molecule has 0 fully saturated rings. The van der Waals surface area contributed by atoms with Gasteiger partial charge in [-0.3, -0.25) is 0 Å². The Kier molecular flexibility index (Phi) is 6.75. The molecule has 0 saturated carbocycles. The minimum absolute atomic E-state index is 0.592. The first-order valence-electron chi connectivity index (χ1n) is 17.5. The van der Waals surface area contributed by atoms with Crippen LogP contribution in [0.25, 0.3) is 33.4 Å². The van der Waals surface area contributed by atoms with E-state index in [0.717, 1.165) is 50.8 Å². The third-order valence-corrected chi connectivity index (χ3v) is 10.5. The van der Waals surface area contributed by atoms with E-state index in [9.17, 15) is 0 Å². The van der Waals surface area contributed by atoms with Gasteiger partial charge in [-0.25, -0.2) is 0 Å². The normalized spacial score (nSPS) is 14.9. The smallest absolute Gasteiger partial charge is 0.140 e. The number of benzene rings is 8. The van der Waals surface area contributed by atoms with E-state index in [1.807, 2.05) is 0 Å². The summed E-state index contributed by atoms with van der Waals surface area (Å²) in [5.74, 6) is 1.79. The number of nitrogens with zero attached hydrogens (tertiary/aromatic N) is 1. The number of fused-ring (bicyclic) bond motifs is 9. The molecule has 240 valence electrons. The maximum Gasteiger partial charge on any atom is 0.140 e. The molecule has 1 heterocycles. The van der Waals surface area contributed by atoms with Crippen molar-refractivity contribution in [3.05, 3.63) is 222 Å². The van der Waals surface area contributed by atoms with E-state index in [4.69, 9.17) is 4.74 Å². The van der Waals surface area contributed by atoms with Crippen LogP contribution >= 0.6 is 0 Å². The second-order valence-corrected chi connectivity index (χ2v) is 13.3. The zero-order valence-electron chi connectivity index (χ0n) is 27.9. The fraction of sp³-hybridized carbons (Fsp3) is 0.0204. The Morgan fingerprint density at radius 2 is 0.882 bits per heavy atom. The van der Waals surface area contributed by atoms with Crippen LogP contribution in [0, 0.1) is 0 Å². The van der Waals surface area contributed by atoms with Crippen LogP contribution in [0.3, 0.4) is 0 Å². The molecule has 0 bridgehead atoms. The van der Waals surface area contributed by atoms with Crippen molar-refractivity contribution in [2.24, 2.45) is 0 Å². The summed E-state index contributed by atoms with van der Waals surface area (Å²) in [4.78, 5) is 2.38. The SMILES string of the molecule is c1ccc(-c2cccc(N(c3ccccc3)c3ccc4c(c3)C3(c5ccccc5Oc5c(-c6ccccc6)cccc53)c3ccccc3-4)c2)cc1. The van der Waals surface area contributed by atoms with Crippen molar-refractivity contribution in [3.63, 3.8) is 0 Å². The largest absolute Gasteiger partial charge is 0.456 e. The van der Waals surface area contributed by atoms with Gasteiger partial charge in [0.05, 0.1) is 5.41 Å². The molecular formula is C49H33NO. The molecule has 0 N–H and O–H groups in total. The second-order valence-electron chi connectivity index (χ2n) is 13.3. The highest BCUT2D eigenvalue weighted by Crippen LogP contribution is 2.63. The van der Waals surface area contributed by atoms with Crippen LogP contribution in [-0.4, -0.2) is 0 Å². The van der Waals surface area contributed by atoms with Crippen LogP contribution in [0.1, 0.15) is 22.3 Å². The molecule has 1 spiro atoms. The third kappa shape index (κ3) is 4.50. The van der Waals surface area contributed by atoms with E-state index in [-0.39, 0.29) is 0 Å². The lowest BCUT2D eigenvalue weighted by molar-refractivity contribution is 0.438. The highest BCUT2D eigenvalue weighted by Gasteiger charge is 2.51. The Morgan fingerprint density at radius 3 is 1.69 bits per heavy atom. The van der Waals surface area contributed by atoms with Gasteiger partial charge in [-0.1, -0.05) is 158 Å². The van der Waals surface area contributed by atoms with Gasteiger partial charge in [0.2, 0.25) is 0 Å². The molecule has 8 aromatic rings. The van der Waals surface area contributed by atoms with Gasteiger partial charge in [0.1, 0.15) is 11.5 Å². The van der Waals surface area contributed by atoms with E-state index in [1.165, 1.54) is 33.4 Å². The lowest BCUT2D eigenvalue weighted by atomic mass is 9.65. The molecule has 1 unspecified atom stereocenters. The fourth-order valence-electron chi connectivity index (χ4n) is 8.37. The van der Waals surface area contributed by atoms with Crippen molar-refractivity contribution in [1.82, 2.24) is 0 Å². The number of hydrogen-bond donors (Lipinski definition) is 0. The average Bonchev–Trinajstić information content (AvgIpc) is 3.49. The predicted octanol–water partition coefficient (Wildman–Crippen LogP) is 13.0. The van der Waals surface area contributed by atoms with Gasteiger partial charge in [-0.15, -0.1) is 0 Å². The Bertz CT molecular complexity index is 2560. The van der Waals surface area contributed by atoms with Crippen LogP contribution in [-0.2, 0) is 5.41 Å². The van der Waals surface area contributed by atoms with E-state index < -0.39 is 5.41 Å². The number of hydrogen-bond acceptors (Lipinski definition) is 2. The maximum atomic E-state index is 6.94. The first kappa shape index (κ1) is 29.3. The number of rotatable bonds is 5. The van der Waals surface area contributed by atoms with Gasteiger partial charge in [-0.05, 0) is 81.4 Å². The number of para-hydroxylation sites is 3. The van der Waals surface area contributed by atoms with E-state index in [1.54, 1.807) is 0 Å². The molecule has 0 radical (unpaired) electrons. The zero-order valence-corrected chi connectivity index (χ0v) is 27.9. The predicted molar refractivity (Wildman–Crippen MR) is 209 cm³/mol. The number of anilines is 3. The van der Waals surface area contributed by atoms with Gasteiger partial charge >= 0.3 is 0 Å². The summed E-state index contributed by atoms with van der Waals surface area (Å²) in [6, 6.07) is 72.0. The lowest BCUT2D eigenvalue weighted by Crippen LogP contribution is -2.32. The summed E-state index contributed by atoms with van der Waals surface area (Å²) in [5, 5.41) is 0. The summed E-state index contributed by atoms with van der Waals surface area (Å²) in [6.45, 7) is 0. The molecule has 10 rings (SSSR count). The Labute approximate surface area is 298 Å². The second kappa shape index (κ2) is 11.8. The molecule has 0 saturated heterocycles. The molecule has 1 atom stereocenters. The third-order valence-electron chi connectivity index (χ3n) is 10.5. The Morgan fingerprint density at radius 1 is 0.333 bits per heavy atom. The van der Waals surface area contributed by atoms with Gasteiger partial charge in [0.15, 0.2) is 0 Å². The summed E-state index contributed by atoms with van der Waals surface area (Å²) in [6.07, 6.45) is 0. The van der Waals surface area contributed by atoms with Crippen LogP contribution in [0.4, 0.5) is 17.1 Å². The maximum absolute atomic E-state index is 6.94. The fourth-order valence-corrected chi connectivity index (χ4v) is 8.37. The topological polar surface area (TPSA) is 12.5 Å². The van der Waals surface area contributed by atoms with Crippen LogP contribution in [0.2, 0.25) is 0 Å². The molecule has 2 nitrogen and oxygen atoms in total. The van der Waals surface area contributed by atoms with Crippen molar-refractivity contribution >= 4 is 17.1 Å². The van der Waals surface area contributed by atoms with Crippen LogP contribution in [0.5, 0.6) is 11.5 Å². The van der Waals surface area contributed by atoms with E-state index in [0.29, 0.717) is 0 Å². The molecule has 0 aromatic heterocycles. The first-order valence-corrected chi connectivity index (χ1v) is 17.5. The van der Waals surface area contributed by atoms with Crippen molar-refractivity contribution in [3.8, 4) is 44.9 Å². The van der Waals surface area contributed by atoms with Crippen molar-refractivity contribution < 1.29 is 4.74 Å². The number of ether oxygens (including phenoxy) is 1. The quantitative estimate of drug-likeness (QED) is 0.184. The molecule has 0 amide bonds. The molecule has 8 aromatic carbocycles. The molecular weight excluding hydrogens is 619 g/mol. The lowest BCUT2D eigenvalue weighted by Gasteiger charge is -2.40. The minimum atomic E-state index is -0.592. The molecule has 1 aliphatic heterocycles. The first-order chi connectivity index (χ1) is 25.3. The van der Waals surface area contributed by atoms with Gasteiger partial charge < -0.3 is 9.64 Å². The zero-order chi connectivity index (χ0) is 33.8.